The molecule has 0 aliphatic heterocycles. The Morgan fingerprint density at radius 3 is 2.82 bits per heavy atom. The summed E-state index contributed by atoms with van der Waals surface area (Å²) >= 11 is 0. The monoisotopic (exact) mass is 156 g/mol. The van der Waals surface area contributed by atoms with Crippen LogP contribution in [0.1, 0.15) is 5.76 Å². The first-order valence-corrected chi connectivity index (χ1v) is 3.02. The molecule has 0 aliphatic carbocycles. The molecule has 0 radical (unpaired) electrons. The summed E-state index contributed by atoms with van der Waals surface area (Å²) in [5.41, 5.74) is -0.545. The maximum Gasteiger partial charge on any atom is 0.268 e. The minimum Gasteiger partial charge on any atom is -0.502 e. The van der Waals surface area contributed by atoms with E-state index < -0.39 is 11.2 Å². The molecule has 0 fully saturated rings. The molecule has 4 nitrogen and oxygen atoms in total. The van der Waals surface area contributed by atoms with Crippen LogP contribution in [0.15, 0.2) is 15.5 Å². The van der Waals surface area contributed by atoms with Gasteiger partial charge in [-0.3, -0.25) is 4.79 Å². The third-order valence-corrected chi connectivity index (χ3v) is 1.33. The van der Waals surface area contributed by atoms with E-state index in [9.17, 15) is 4.79 Å². The highest BCUT2D eigenvalue weighted by Gasteiger charge is 2.08. The average Bonchev–Trinajstić information content (AvgIpc) is 2.01. The summed E-state index contributed by atoms with van der Waals surface area (Å²) in [6, 6.07) is 0. The van der Waals surface area contributed by atoms with Gasteiger partial charge in [-0.25, -0.2) is 0 Å². The second kappa shape index (κ2) is 2.65. The van der Waals surface area contributed by atoms with Gasteiger partial charge >= 0.3 is 0 Å². The lowest BCUT2D eigenvalue weighted by Gasteiger charge is -1.99. The third-order valence-electron chi connectivity index (χ3n) is 1.33. The van der Waals surface area contributed by atoms with Gasteiger partial charge in [-0.2, -0.15) is 0 Å². The molecule has 0 aliphatic rings. The lowest BCUT2D eigenvalue weighted by Crippen LogP contribution is -2.04. The summed E-state index contributed by atoms with van der Waals surface area (Å²) in [7, 11) is 1.33. The maximum absolute atomic E-state index is 11.0. The van der Waals surface area contributed by atoms with E-state index in [1.165, 1.54) is 14.0 Å². The van der Waals surface area contributed by atoms with E-state index in [1.54, 1.807) is 0 Å². The lowest BCUT2D eigenvalue weighted by atomic mass is 10.3. The van der Waals surface area contributed by atoms with Crippen molar-refractivity contribution in [2.75, 3.05) is 7.11 Å². The summed E-state index contributed by atoms with van der Waals surface area (Å²) < 4.78 is 9.40. The zero-order chi connectivity index (χ0) is 8.43. The van der Waals surface area contributed by atoms with Crippen LogP contribution < -0.4 is 10.2 Å². The second-order valence-corrected chi connectivity index (χ2v) is 2.04. The van der Waals surface area contributed by atoms with Gasteiger partial charge in [-0.15, -0.1) is 0 Å². The smallest absolute Gasteiger partial charge is 0.268 e. The van der Waals surface area contributed by atoms with E-state index in [4.69, 9.17) is 9.52 Å². The fourth-order valence-corrected chi connectivity index (χ4v) is 0.669. The van der Waals surface area contributed by atoms with Crippen LogP contribution in [-0.2, 0) is 0 Å². The van der Waals surface area contributed by atoms with Crippen LogP contribution in [0.4, 0.5) is 0 Å². The Bertz CT molecular complexity index is 313. The minimum atomic E-state index is -0.545. The van der Waals surface area contributed by atoms with Gasteiger partial charge in [-0.05, 0) is 6.92 Å². The highest BCUT2D eigenvalue weighted by molar-refractivity contribution is 5.30. The van der Waals surface area contributed by atoms with Crippen molar-refractivity contribution in [2.24, 2.45) is 0 Å². The number of aryl methyl sites for hydroxylation is 1. The Kier molecular flexibility index (Phi) is 1.85. The molecule has 4 heteroatoms. The third kappa shape index (κ3) is 1.19. The van der Waals surface area contributed by atoms with Gasteiger partial charge in [0.25, 0.3) is 5.43 Å². The molecule has 0 saturated carbocycles. The van der Waals surface area contributed by atoms with Crippen molar-refractivity contribution in [1.82, 2.24) is 0 Å². The van der Waals surface area contributed by atoms with Crippen molar-refractivity contribution in [3.05, 3.63) is 22.2 Å². The molecular weight excluding hydrogens is 148 g/mol. The van der Waals surface area contributed by atoms with Crippen LogP contribution in [0.5, 0.6) is 11.5 Å². The molecule has 1 aromatic heterocycles. The maximum atomic E-state index is 11.0. The molecule has 1 aromatic rings. The minimum absolute atomic E-state index is 0.00750. The molecule has 0 atom stereocenters. The molecule has 11 heavy (non-hydrogen) atoms. The highest BCUT2D eigenvalue weighted by Crippen LogP contribution is 2.14. The quantitative estimate of drug-likeness (QED) is 0.648. The fraction of sp³-hybridized carbons (Fsp3) is 0.286. The molecule has 0 saturated heterocycles. The van der Waals surface area contributed by atoms with E-state index in [-0.39, 0.29) is 11.5 Å². The molecular formula is C7H8O4. The van der Waals surface area contributed by atoms with Crippen LogP contribution in [-0.4, -0.2) is 12.2 Å². The van der Waals surface area contributed by atoms with Crippen LogP contribution in [0, 0.1) is 6.92 Å². The number of ether oxygens (including phenoxy) is 1. The first kappa shape index (κ1) is 7.65. The van der Waals surface area contributed by atoms with Gasteiger partial charge in [0.1, 0.15) is 12.0 Å². The van der Waals surface area contributed by atoms with Gasteiger partial charge < -0.3 is 14.3 Å². The van der Waals surface area contributed by atoms with Crippen LogP contribution in [0.2, 0.25) is 0 Å². The van der Waals surface area contributed by atoms with Crippen molar-refractivity contribution >= 4 is 0 Å². The topological polar surface area (TPSA) is 59.7 Å². The molecule has 0 spiro atoms. The Hall–Kier alpha value is -1.45. The molecule has 0 bridgehead atoms. The first-order chi connectivity index (χ1) is 5.16. The molecule has 60 valence electrons. The highest BCUT2D eigenvalue weighted by atomic mass is 16.5. The van der Waals surface area contributed by atoms with Gasteiger partial charge in [-0.1, -0.05) is 0 Å². The van der Waals surface area contributed by atoms with E-state index in [1.807, 2.05) is 0 Å². The fourth-order valence-electron chi connectivity index (χ4n) is 0.669. The predicted molar refractivity (Wildman–Crippen MR) is 37.9 cm³/mol. The van der Waals surface area contributed by atoms with Crippen LogP contribution in [0.25, 0.3) is 0 Å². The number of methoxy groups -OCH3 is 1. The largest absolute Gasteiger partial charge is 0.502 e. The van der Waals surface area contributed by atoms with E-state index in [2.05, 4.69) is 4.74 Å². The zero-order valence-electron chi connectivity index (χ0n) is 6.25. The summed E-state index contributed by atoms with van der Waals surface area (Å²) in [5, 5.41) is 9.03. The molecule has 0 amide bonds. The Morgan fingerprint density at radius 2 is 2.27 bits per heavy atom. The standard InChI is InChI=1S/C7H8O4/c1-4-6(8)7(9)5(10-2)3-11-4/h3,8H,1-2H3. The van der Waals surface area contributed by atoms with Crippen LogP contribution >= 0.6 is 0 Å². The summed E-state index contributed by atoms with van der Waals surface area (Å²) in [6.45, 7) is 1.50. The molecule has 0 unspecified atom stereocenters. The van der Waals surface area contributed by atoms with Gasteiger partial charge in [0.15, 0.2) is 0 Å². The van der Waals surface area contributed by atoms with Crippen molar-refractivity contribution in [3.8, 4) is 11.5 Å². The van der Waals surface area contributed by atoms with Crippen molar-refractivity contribution < 1.29 is 14.3 Å². The Labute approximate surface area is 63.0 Å². The number of aromatic hydroxyl groups is 1. The van der Waals surface area contributed by atoms with Crippen molar-refractivity contribution in [3.63, 3.8) is 0 Å². The molecule has 1 heterocycles. The molecule has 0 aromatic carbocycles. The first-order valence-electron chi connectivity index (χ1n) is 3.02. The van der Waals surface area contributed by atoms with Crippen LogP contribution in [0.3, 0.4) is 0 Å². The summed E-state index contributed by atoms with van der Waals surface area (Å²) in [6.07, 6.45) is 1.16. The van der Waals surface area contributed by atoms with Crippen molar-refractivity contribution in [1.29, 1.82) is 0 Å². The van der Waals surface area contributed by atoms with Gasteiger partial charge in [0.2, 0.25) is 11.5 Å². The molecule has 1 rings (SSSR count). The van der Waals surface area contributed by atoms with E-state index in [0.29, 0.717) is 0 Å². The predicted octanol–water partition coefficient (Wildman–Crippen LogP) is 0.662. The number of rotatable bonds is 1. The summed E-state index contributed by atoms with van der Waals surface area (Å²) in [4.78, 5) is 11.0. The zero-order valence-corrected chi connectivity index (χ0v) is 6.25. The number of hydrogen-bond acceptors (Lipinski definition) is 4. The lowest BCUT2D eigenvalue weighted by molar-refractivity contribution is 0.357. The Morgan fingerprint density at radius 1 is 1.64 bits per heavy atom. The number of hydrogen-bond donors (Lipinski definition) is 1. The molecule has 1 N–H and O–H groups in total. The second-order valence-electron chi connectivity index (χ2n) is 2.04. The van der Waals surface area contributed by atoms with E-state index >= 15 is 0 Å². The van der Waals surface area contributed by atoms with E-state index in [0.717, 1.165) is 6.26 Å². The van der Waals surface area contributed by atoms with Crippen molar-refractivity contribution in [2.45, 2.75) is 6.92 Å². The summed E-state index contributed by atoms with van der Waals surface area (Å²) in [5.74, 6) is -0.201. The normalized spacial score (nSPS) is 9.64. The Balaban J connectivity index is 3.37. The SMILES string of the molecule is COc1coc(C)c(O)c1=O. The van der Waals surface area contributed by atoms with Gasteiger partial charge in [0.05, 0.1) is 7.11 Å². The van der Waals surface area contributed by atoms with Gasteiger partial charge in [0, 0.05) is 0 Å². The average molecular weight is 156 g/mol.